The first-order valence-electron chi connectivity index (χ1n) is 9.02. The lowest BCUT2D eigenvalue weighted by Gasteiger charge is -2.35. The molecule has 3 rings (SSSR count). The quantitative estimate of drug-likeness (QED) is 0.687. The van der Waals surface area contributed by atoms with Crippen LogP contribution in [0.15, 0.2) is 24.3 Å². The number of nitrogens with one attached hydrogen (secondary N) is 2. The SMILES string of the molecule is O=C(CCN1C(=O)c2ccccc2C1=O)NCC(N1CCNCC1)C(F)(F)F. The van der Waals surface area contributed by atoms with E-state index in [1.54, 1.807) is 12.1 Å². The molecule has 0 aromatic heterocycles. The van der Waals surface area contributed by atoms with Gasteiger partial charge < -0.3 is 10.6 Å². The first-order valence-corrected chi connectivity index (χ1v) is 9.02. The van der Waals surface area contributed by atoms with Crippen LogP contribution in [0.5, 0.6) is 0 Å². The van der Waals surface area contributed by atoms with Crippen molar-refractivity contribution in [3.63, 3.8) is 0 Å². The summed E-state index contributed by atoms with van der Waals surface area (Å²) in [4.78, 5) is 38.8. The van der Waals surface area contributed by atoms with Gasteiger partial charge in [0, 0.05) is 45.7 Å². The van der Waals surface area contributed by atoms with Gasteiger partial charge in [0.15, 0.2) is 0 Å². The maximum absolute atomic E-state index is 13.3. The third kappa shape index (κ3) is 4.33. The molecule has 1 fully saturated rings. The molecule has 7 nitrogen and oxygen atoms in total. The van der Waals surface area contributed by atoms with Gasteiger partial charge in [-0.05, 0) is 12.1 Å². The molecule has 0 aliphatic carbocycles. The van der Waals surface area contributed by atoms with Gasteiger partial charge in [0.05, 0.1) is 11.1 Å². The van der Waals surface area contributed by atoms with Crippen LogP contribution in [-0.2, 0) is 4.79 Å². The summed E-state index contributed by atoms with van der Waals surface area (Å²) in [7, 11) is 0. The van der Waals surface area contributed by atoms with E-state index in [9.17, 15) is 27.6 Å². The van der Waals surface area contributed by atoms with Crippen LogP contribution in [0, 0.1) is 0 Å². The van der Waals surface area contributed by atoms with E-state index in [1.807, 2.05) is 0 Å². The highest BCUT2D eigenvalue weighted by molar-refractivity contribution is 6.21. The van der Waals surface area contributed by atoms with Gasteiger partial charge in [-0.2, -0.15) is 13.2 Å². The van der Waals surface area contributed by atoms with Crippen molar-refractivity contribution >= 4 is 17.7 Å². The van der Waals surface area contributed by atoms with E-state index in [0.29, 0.717) is 13.1 Å². The highest BCUT2D eigenvalue weighted by atomic mass is 19.4. The Morgan fingerprint density at radius 2 is 1.68 bits per heavy atom. The van der Waals surface area contributed by atoms with E-state index >= 15 is 0 Å². The zero-order valence-corrected chi connectivity index (χ0v) is 15.1. The topological polar surface area (TPSA) is 81.8 Å². The van der Waals surface area contributed by atoms with Crippen molar-refractivity contribution in [2.45, 2.75) is 18.6 Å². The summed E-state index contributed by atoms with van der Waals surface area (Å²) in [5, 5.41) is 5.28. The van der Waals surface area contributed by atoms with E-state index in [4.69, 9.17) is 0 Å². The maximum atomic E-state index is 13.3. The molecule has 2 heterocycles. The Kier molecular flexibility index (Phi) is 5.99. The van der Waals surface area contributed by atoms with Crippen molar-refractivity contribution < 1.29 is 27.6 Å². The first-order chi connectivity index (χ1) is 13.3. The lowest BCUT2D eigenvalue weighted by atomic mass is 10.1. The summed E-state index contributed by atoms with van der Waals surface area (Å²) in [6.07, 6.45) is -4.72. The third-order valence-corrected chi connectivity index (χ3v) is 4.90. The Morgan fingerprint density at radius 3 is 2.21 bits per heavy atom. The molecule has 152 valence electrons. The molecule has 2 N–H and O–H groups in total. The minimum absolute atomic E-state index is 0.178. The summed E-state index contributed by atoms with van der Waals surface area (Å²) >= 11 is 0. The number of fused-ring (bicyclic) bond motifs is 1. The molecule has 0 radical (unpaired) electrons. The second kappa shape index (κ2) is 8.27. The number of hydrogen-bond acceptors (Lipinski definition) is 5. The maximum Gasteiger partial charge on any atom is 0.405 e. The van der Waals surface area contributed by atoms with E-state index < -0.39 is 36.5 Å². The van der Waals surface area contributed by atoms with Crippen molar-refractivity contribution in [1.29, 1.82) is 0 Å². The molecule has 28 heavy (non-hydrogen) atoms. The number of hydrogen-bond donors (Lipinski definition) is 2. The van der Waals surface area contributed by atoms with Crippen molar-refractivity contribution in [1.82, 2.24) is 20.4 Å². The van der Waals surface area contributed by atoms with E-state index in [-0.39, 0.29) is 37.2 Å². The number of halogens is 3. The second-order valence-corrected chi connectivity index (χ2v) is 6.70. The summed E-state index contributed by atoms with van der Waals surface area (Å²) in [5.41, 5.74) is 0.535. The fourth-order valence-electron chi connectivity index (χ4n) is 3.40. The number of carbonyl (C=O) groups excluding carboxylic acids is 3. The average molecular weight is 398 g/mol. The van der Waals surface area contributed by atoms with Crippen LogP contribution in [0.3, 0.4) is 0 Å². The number of benzene rings is 1. The molecular formula is C18H21F3N4O3. The van der Waals surface area contributed by atoms with Gasteiger partial charge >= 0.3 is 6.18 Å². The van der Waals surface area contributed by atoms with E-state index in [1.165, 1.54) is 17.0 Å². The molecule has 1 atom stereocenters. The first kappa shape index (κ1) is 20.3. The Bertz CT molecular complexity index is 728. The van der Waals surface area contributed by atoms with Gasteiger partial charge in [0.2, 0.25) is 5.91 Å². The Labute approximate surface area is 159 Å². The van der Waals surface area contributed by atoms with Crippen LogP contribution in [0.1, 0.15) is 27.1 Å². The predicted octanol–water partition coefficient (Wildman–Crippen LogP) is 0.625. The van der Waals surface area contributed by atoms with Gasteiger partial charge in [-0.3, -0.25) is 24.2 Å². The van der Waals surface area contributed by atoms with Gasteiger partial charge in [0.25, 0.3) is 11.8 Å². The number of rotatable bonds is 6. The summed E-state index contributed by atoms with van der Waals surface area (Å²) in [6, 6.07) is 4.55. The zero-order valence-electron chi connectivity index (χ0n) is 15.1. The van der Waals surface area contributed by atoms with Crippen molar-refractivity contribution in [2.75, 3.05) is 39.3 Å². The highest BCUT2D eigenvalue weighted by Crippen LogP contribution is 2.25. The Balaban J connectivity index is 1.53. The minimum Gasteiger partial charge on any atom is -0.354 e. The fourth-order valence-corrected chi connectivity index (χ4v) is 3.40. The standard InChI is InChI=1S/C18H21F3N4O3/c19-18(20,21)14(24-9-6-22-7-10-24)11-23-15(26)5-8-25-16(27)12-3-1-2-4-13(12)17(25)28/h1-4,14,22H,5-11H2,(H,23,26). The summed E-state index contributed by atoms with van der Waals surface area (Å²) in [5.74, 6) is -1.63. The highest BCUT2D eigenvalue weighted by Gasteiger charge is 2.44. The molecule has 2 aliphatic rings. The van der Waals surface area contributed by atoms with Crippen LogP contribution in [0.2, 0.25) is 0 Å². The third-order valence-electron chi connectivity index (χ3n) is 4.90. The van der Waals surface area contributed by atoms with E-state index in [0.717, 1.165) is 4.90 Å². The monoisotopic (exact) mass is 398 g/mol. The largest absolute Gasteiger partial charge is 0.405 e. The molecule has 0 bridgehead atoms. The molecule has 1 aromatic carbocycles. The number of imide groups is 1. The lowest BCUT2D eigenvalue weighted by molar-refractivity contribution is -0.184. The molecule has 0 spiro atoms. The van der Waals surface area contributed by atoms with Crippen molar-refractivity contribution in [2.24, 2.45) is 0 Å². The predicted molar refractivity (Wildman–Crippen MR) is 93.7 cm³/mol. The molecular weight excluding hydrogens is 377 g/mol. The molecule has 1 unspecified atom stereocenters. The summed E-state index contributed by atoms with van der Waals surface area (Å²) in [6.45, 7) is 0.664. The molecule has 0 saturated carbocycles. The minimum atomic E-state index is -4.47. The van der Waals surface area contributed by atoms with Gasteiger partial charge in [0.1, 0.15) is 6.04 Å². The molecule has 1 aromatic rings. The van der Waals surface area contributed by atoms with Crippen LogP contribution >= 0.6 is 0 Å². The van der Waals surface area contributed by atoms with E-state index in [2.05, 4.69) is 10.6 Å². The lowest BCUT2D eigenvalue weighted by Crippen LogP contribution is -2.57. The summed E-state index contributed by atoms with van der Waals surface area (Å²) < 4.78 is 40.0. The van der Waals surface area contributed by atoms with Gasteiger partial charge in [-0.1, -0.05) is 12.1 Å². The van der Waals surface area contributed by atoms with Crippen molar-refractivity contribution in [3.05, 3.63) is 35.4 Å². The average Bonchev–Trinajstić information content (AvgIpc) is 2.91. The zero-order chi connectivity index (χ0) is 20.3. The number of carbonyl (C=O) groups is 3. The molecule has 2 aliphatic heterocycles. The molecule has 1 saturated heterocycles. The Hall–Kier alpha value is -2.46. The number of alkyl halides is 3. The van der Waals surface area contributed by atoms with Crippen LogP contribution in [-0.4, -0.2) is 79.0 Å². The second-order valence-electron chi connectivity index (χ2n) is 6.70. The number of nitrogens with zero attached hydrogens (tertiary/aromatic N) is 2. The fraction of sp³-hybridized carbons (Fsp3) is 0.500. The number of piperazine rings is 1. The molecule has 3 amide bonds. The van der Waals surface area contributed by atoms with Gasteiger partial charge in [-0.25, -0.2) is 0 Å². The number of amides is 3. The molecule has 10 heteroatoms. The van der Waals surface area contributed by atoms with Gasteiger partial charge in [-0.15, -0.1) is 0 Å². The van der Waals surface area contributed by atoms with Crippen LogP contribution in [0.4, 0.5) is 13.2 Å². The van der Waals surface area contributed by atoms with Crippen LogP contribution in [0.25, 0.3) is 0 Å². The smallest absolute Gasteiger partial charge is 0.354 e. The van der Waals surface area contributed by atoms with Crippen LogP contribution < -0.4 is 10.6 Å². The Morgan fingerprint density at radius 1 is 1.11 bits per heavy atom. The van der Waals surface area contributed by atoms with Crippen molar-refractivity contribution in [3.8, 4) is 0 Å². The normalized spacial score (nSPS) is 18.9.